The van der Waals surface area contributed by atoms with Gasteiger partial charge in [-0.25, -0.2) is 0 Å². The molecule has 0 aliphatic carbocycles. The molecule has 0 unspecified atom stereocenters. The van der Waals surface area contributed by atoms with Crippen LogP contribution in [0.2, 0.25) is 13.1 Å². The van der Waals surface area contributed by atoms with Crippen molar-refractivity contribution in [3.63, 3.8) is 0 Å². The van der Waals surface area contributed by atoms with Crippen molar-refractivity contribution in [3.05, 3.63) is 35.9 Å². The average Bonchev–Trinajstić information content (AvgIpc) is 2.71. The van der Waals surface area contributed by atoms with Crippen molar-refractivity contribution < 1.29 is 28.3 Å². The number of likely N-dealkylation sites (tertiary alicyclic amines) is 1. The molecule has 0 N–H and O–H groups in total. The van der Waals surface area contributed by atoms with Gasteiger partial charge >= 0.3 is 11.9 Å². The number of esters is 2. The number of benzene rings is 1. The highest BCUT2D eigenvalue weighted by Crippen LogP contribution is 2.49. The van der Waals surface area contributed by atoms with Crippen LogP contribution >= 0.6 is 0 Å². The number of hydrogen-bond acceptors (Lipinski definition) is 6. The molecule has 0 saturated carbocycles. The number of nitrogens with zero attached hydrogens (tertiary/aromatic N) is 1. The van der Waals surface area contributed by atoms with Crippen molar-refractivity contribution in [2.75, 3.05) is 6.54 Å². The highest BCUT2D eigenvalue weighted by Gasteiger charge is 2.63. The van der Waals surface area contributed by atoms with Gasteiger partial charge in [0.15, 0.2) is 9.04 Å². The number of β-lactam (4-membered cyclic amide) rings is 1. The molecule has 1 fully saturated rings. The second-order valence-electron chi connectivity index (χ2n) is 11.9. The van der Waals surface area contributed by atoms with E-state index in [0.29, 0.717) is 0 Å². The summed E-state index contributed by atoms with van der Waals surface area (Å²) in [6.07, 6.45) is 0. The number of carbonyl (C=O) groups is 3. The molecule has 1 saturated heterocycles. The second kappa shape index (κ2) is 10.8. The quantitative estimate of drug-likeness (QED) is 0.282. The third-order valence-electron chi connectivity index (χ3n) is 6.64. The Morgan fingerprint density at radius 3 is 2.09 bits per heavy atom. The van der Waals surface area contributed by atoms with Crippen molar-refractivity contribution in [2.24, 2.45) is 17.3 Å². The van der Waals surface area contributed by atoms with Gasteiger partial charge in [0.2, 0.25) is 5.91 Å². The van der Waals surface area contributed by atoms with E-state index in [0.717, 1.165) is 5.56 Å². The fraction of sp³-hybridized carbons (Fsp3) is 0.667. The lowest BCUT2D eigenvalue weighted by molar-refractivity contribution is -0.199. The van der Waals surface area contributed by atoms with E-state index < -0.39 is 50.1 Å². The van der Waals surface area contributed by atoms with Crippen LogP contribution in [0.5, 0.6) is 0 Å². The molecular formula is C27H43NO6Si. The Hall–Kier alpha value is -2.19. The lowest BCUT2D eigenvalue weighted by Gasteiger charge is -2.59. The lowest BCUT2D eigenvalue weighted by Crippen LogP contribution is -2.74. The standard InChI is InChI=1S/C27H43NO6Si/c1-18(24(31)32-17-19-14-12-11-13-15-19)22-21(27(8,25(2,3)4)34-35(9)10)23(30)28(22)16-20(29)33-26(5,6)7/h11-15,18,21-22,35H,16-17H2,1-10H3/t18-,21-,22-,27-/m1/s1. The van der Waals surface area contributed by atoms with Crippen LogP contribution in [0, 0.1) is 17.3 Å². The Balaban J connectivity index is 2.35. The molecule has 1 aromatic carbocycles. The Morgan fingerprint density at radius 2 is 1.60 bits per heavy atom. The molecule has 1 amide bonds. The Kier molecular flexibility index (Phi) is 8.98. The summed E-state index contributed by atoms with van der Waals surface area (Å²) in [5.74, 6) is -2.35. The number of ether oxygens (including phenoxy) is 2. The predicted molar refractivity (Wildman–Crippen MR) is 138 cm³/mol. The van der Waals surface area contributed by atoms with Crippen LogP contribution in [0.3, 0.4) is 0 Å². The molecule has 1 aromatic rings. The molecule has 8 heteroatoms. The predicted octanol–water partition coefficient (Wildman–Crippen LogP) is 4.34. The van der Waals surface area contributed by atoms with Crippen molar-refractivity contribution in [1.82, 2.24) is 4.90 Å². The Morgan fingerprint density at radius 1 is 1.03 bits per heavy atom. The molecule has 0 spiro atoms. The average molecular weight is 506 g/mol. The van der Waals surface area contributed by atoms with Crippen LogP contribution in [0.4, 0.5) is 0 Å². The number of carbonyl (C=O) groups excluding carboxylic acids is 3. The van der Waals surface area contributed by atoms with Crippen LogP contribution in [-0.2, 0) is 34.9 Å². The summed E-state index contributed by atoms with van der Waals surface area (Å²) in [7, 11) is -1.55. The molecule has 7 nitrogen and oxygen atoms in total. The van der Waals surface area contributed by atoms with Gasteiger partial charge in [0, 0.05) is 0 Å². The van der Waals surface area contributed by atoms with Gasteiger partial charge in [0.05, 0.1) is 23.5 Å². The monoisotopic (exact) mass is 505 g/mol. The van der Waals surface area contributed by atoms with Crippen molar-refractivity contribution in [1.29, 1.82) is 0 Å². The third-order valence-corrected chi connectivity index (χ3v) is 7.60. The van der Waals surface area contributed by atoms with Gasteiger partial charge in [0.1, 0.15) is 18.8 Å². The summed E-state index contributed by atoms with van der Waals surface area (Å²) in [6.45, 7) is 19.3. The summed E-state index contributed by atoms with van der Waals surface area (Å²) in [5.41, 5.74) is -0.984. The molecule has 0 radical (unpaired) electrons. The van der Waals surface area contributed by atoms with E-state index in [9.17, 15) is 14.4 Å². The minimum Gasteiger partial charge on any atom is -0.461 e. The maximum Gasteiger partial charge on any atom is 0.326 e. The minimum absolute atomic E-state index is 0.146. The first kappa shape index (κ1) is 29.0. The normalized spacial score (nSPS) is 21.2. The fourth-order valence-electron chi connectivity index (χ4n) is 4.59. The van der Waals surface area contributed by atoms with Crippen molar-refractivity contribution in [3.8, 4) is 0 Å². The Bertz CT molecular complexity index is 904. The zero-order valence-corrected chi connectivity index (χ0v) is 24.2. The molecule has 1 heterocycles. The first-order valence-electron chi connectivity index (χ1n) is 12.4. The first-order valence-corrected chi connectivity index (χ1v) is 15.2. The Labute approximate surface area is 212 Å². The molecule has 4 atom stereocenters. The maximum atomic E-state index is 13.6. The van der Waals surface area contributed by atoms with Gasteiger partial charge in [-0.05, 0) is 58.7 Å². The topological polar surface area (TPSA) is 82.1 Å². The SMILES string of the molecule is C[C@@H](C(=O)OCc1ccccc1)[C@@H]1[C@@H]([C@@](C)(O[SiH](C)C)C(C)(C)C)C(=O)N1CC(=O)OC(C)(C)C. The largest absolute Gasteiger partial charge is 0.461 e. The molecule has 196 valence electrons. The first-order chi connectivity index (χ1) is 16.0. The second-order valence-corrected chi connectivity index (χ2v) is 14.3. The maximum absolute atomic E-state index is 13.6. The molecule has 2 rings (SSSR count). The zero-order valence-electron chi connectivity index (χ0n) is 23.0. The van der Waals surface area contributed by atoms with Crippen molar-refractivity contribution in [2.45, 2.75) is 92.3 Å². The van der Waals surface area contributed by atoms with E-state index in [1.165, 1.54) is 4.90 Å². The molecule has 35 heavy (non-hydrogen) atoms. The van der Waals surface area contributed by atoms with Crippen LogP contribution in [0.15, 0.2) is 30.3 Å². The van der Waals surface area contributed by atoms with Gasteiger partial charge in [-0.1, -0.05) is 51.1 Å². The molecule has 1 aliphatic heterocycles. The highest BCUT2D eigenvalue weighted by atomic mass is 28.3. The number of hydrogen-bond donors (Lipinski definition) is 0. The lowest BCUT2D eigenvalue weighted by atomic mass is 9.61. The van der Waals surface area contributed by atoms with E-state index in [1.54, 1.807) is 27.7 Å². The highest BCUT2D eigenvalue weighted by molar-refractivity contribution is 6.48. The van der Waals surface area contributed by atoms with Crippen LogP contribution in [0.25, 0.3) is 0 Å². The van der Waals surface area contributed by atoms with Gasteiger partial charge in [-0.2, -0.15) is 0 Å². The van der Waals surface area contributed by atoms with E-state index >= 15 is 0 Å². The van der Waals surface area contributed by atoms with Crippen molar-refractivity contribution >= 4 is 26.9 Å². The van der Waals surface area contributed by atoms with Crippen LogP contribution < -0.4 is 0 Å². The van der Waals surface area contributed by atoms with Crippen LogP contribution in [-0.4, -0.2) is 55.6 Å². The molecule has 0 bridgehead atoms. The third kappa shape index (κ3) is 6.94. The number of rotatable bonds is 9. The zero-order chi connectivity index (χ0) is 26.8. The summed E-state index contributed by atoms with van der Waals surface area (Å²) >= 11 is 0. The van der Waals surface area contributed by atoms with E-state index in [-0.39, 0.29) is 24.5 Å². The van der Waals surface area contributed by atoms with Crippen LogP contribution in [0.1, 0.15) is 61.0 Å². The van der Waals surface area contributed by atoms with Gasteiger partial charge in [-0.15, -0.1) is 0 Å². The van der Waals surface area contributed by atoms with Gasteiger partial charge in [-0.3, -0.25) is 14.4 Å². The van der Waals surface area contributed by atoms with E-state index in [1.807, 2.05) is 58.0 Å². The minimum atomic E-state index is -1.55. The summed E-state index contributed by atoms with van der Waals surface area (Å²) < 4.78 is 17.6. The molecule has 1 aliphatic rings. The molecule has 0 aromatic heterocycles. The summed E-state index contributed by atoms with van der Waals surface area (Å²) in [5, 5.41) is 0. The molecular weight excluding hydrogens is 462 g/mol. The van der Waals surface area contributed by atoms with Gasteiger partial charge in [0.25, 0.3) is 0 Å². The smallest absolute Gasteiger partial charge is 0.326 e. The van der Waals surface area contributed by atoms with Gasteiger partial charge < -0.3 is 18.8 Å². The van der Waals surface area contributed by atoms with E-state index in [2.05, 4.69) is 13.1 Å². The van der Waals surface area contributed by atoms with E-state index in [4.69, 9.17) is 13.9 Å². The number of amides is 1. The fourth-order valence-corrected chi connectivity index (χ4v) is 6.07. The summed E-state index contributed by atoms with van der Waals surface area (Å²) in [6, 6.07) is 8.91. The summed E-state index contributed by atoms with van der Waals surface area (Å²) in [4.78, 5) is 40.8.